The monoisotopic (exact) mass is 403 g/mol. The summed E-state index contributed by atoms with van der Waals surface area (Å²) in [5, 5.41) is 16.1. The van der Waals surface area contributed by atoms with Crippen molar-refractivity contribution in [1.29, 1.82) is 0 Å². The van der Waals surface area contributed by atoms with Crippen LogP contribution in [0.5, 0.6) is 5.88 Å². The van der Waals surface area contributed by atoms with Crippen LogP contribution in [0.1, 0.15) is 12.8 Å². The van der Waals surface area contributed by atoms with Crippen LogP contribution < -0.4 is 10.5 Å². The Labute approximate surface area is 172 Å². The van der Waals surface area contributed by atoms with Gasteiger partial charge in [0.2, 0.25) is 5.88 Å². The normalized spacial score (nSPS) is 17.5. The first kappa shape index (κ1) is 17.5. The predicted molar refractivity (Wildman–Crippen MR) is 112 cm³/mol. The molecule has 0 radical (unpaired) electrons. The molecule has 4 aromatic rings. The van der Waals surface area contributed by atoms with E-state index in [4.69, 9.17) is 15.6 Å². The average Bonchev–Trinajstić information content (AvgIpc) is 3.46. The van der Waals surface area contributed by atoms with Crippen molar-refractivity contribution >= 4 is 27.8 Å². The van der Waals surface area contributed by atoms with E-state index >= 15 is 0 Å². The number of nitrogen functional groups attached to an aromatic ring is 1. The number of aliphatic hydroxyl groups excluding tert-OH is 1. The molecule has 0 bridgehead atoms. The minimum absolute atomic E-state index is 0.271. The maximum absolute atomic E-state index is 9.58. The van der Waals surface area contributed by atoms with Crippen molar-refractivity contribution < 1.29 is 9.84 Å². The van der Waals surface area contributed by atoms with Gasteiger partial charge < -0.3 is 15.6 Å². The van der Waals surface area contributed by atoms with Crippen LogP contribution in [-0.2, 0) is 6.67 Å². The molecule has 0 amide bonds. The lowest BCUT2D eigenvalue weighted by Gasteiger charge is -2.35. The van der Waals surface area contributed by atoms with Crippen molar-refractivity contribution in [2.75, 3.05) is 18.8 Å². The van der Waals surface area contributed by atoms with Crippen LogP contribution in [0, 0.1) is 0 Å². The first-order valence-corrected chi connectivity index (χ1v) is 10.1. The van der Waals surface area contributed by atoms with Crippen molar-refractivity contribution in [3.05, 3.63) is 36.7 Å². The number of pyridine rings is 1. The molecular weight excluding hydrogens is 382 g/mol. The SMILES string of the molecule is Nc1ncnc2c1c(-c1ccc3nc(OC4CC4)ccc3c1)nn2CN1CC(O)C1. The molecule has 1 aromatic carbocycles. The number of fused-ring (bicyclic) bond motifs is 2. The highest BCUT2D eigenvalue weighted by Gasteiger charge is 2.27. The van der Waals surface area contributed by atoms with E-state index < -0.39 is 0 Å². The Morgan fingerprint density at radius 1 is 1.13 bits per heavy atom. The molecule has 152 valence electrons. The molecule has 0 atom stereocenters. The van der Waals surface area contributed by atoms with Crippen LogP contribution in [0.2, 0.25) is 0 Å². The Bertz CT molecular complexity index is 1260. The summed E-state index contributed by atoms with van der Waals surface area (Å²) in [5.74, 6) is 1.07. The van der Waals surface area contributed by atoms with Gasteiger partial charge in [0.05, 0.1) is 23.7 Å². The van der Waals surface area contributed by atoms with Gasteiger partial charge in [-0.3, -0.25) is 4.90 Å². The van der Waals surface area contributed by atoms with Gasteiger partial charge in [0.25, 0.3) is 0 Å². The number of aromatic nitrogens is 5. The zero-order valence-corrected chi connectivity index (χ0v) is 16.3. The molecular formula is C21H21N7O2. The average molecular weight is 403 g/mol. The molecule has 4 heterocycles. The summed E-state index contributed by atoms with van der Waals surface area (Å²) >= 11 is 0. The maximum atomic E-state index is 9.58. The Hall–Kier alpha value is -3.30. The molecule has 3 N–H and O–H groups in total. The smallest absolute Gasteiger partial charge is 0.214 e. The molecule has 1 aliphatic heterocycles. The van der Waals surface area contributed by atoms with Crippen LogP contribution in [0.15, 0.2) is 36.7 Å². The Morgan fingerprint density at radius 3 is 2.80 bits per heavy atom. The summed E-state index contributed by atoms with van der Waals surface area (Å²) in [6, 6.07) is 9.94. The van der Waals surface area contributed by atoms with Crippen LogP contribution in [0.25, 0.3) is 33.2 Å². The fourth-order valence-electron chi connectivity index (χ4n) is 3.86. The molecule has 1 saturated carbocycles. The van der Waals surface area contributed by atoms with E-state index in [-0.39, 0.29) is 6.10 Å². The van der Waals surface area contributed by atoms with Crippen molar-refractivity contribution in [1.82, 2.24) is 29.6 Å². The minimum atomic E-state index is -0.271. The van der Waals surface area contributed by atoms with E-state index in [0.29, 0.717) is 43.2 Å². The van der Waals surface area contributed by atoms with Crippen LogP contribution in [0.3, 0.4) is 0 Å². The lowest BCUT2D eigenvalue weighted by Crippen LogP contribution is -2.51. The molecule has 30 heavy (non-hydrogen) atoms. The van der Waals surface area contributed by atoms with E-state index in [1.807, 2.05) is 28.9 Å². The van der Waals surface area contributed by atoms with Crippen LogP contribution in [-0.4, -0.2) is 60.0 Å². The number of nitrogens with zero attached hydrogens (tertiary/aromatic N) is 6. The lowest BCUT2D eigenvalue weighted by atomic mass is 10.1. The Balaban J connectivity index is 1.41. The molecule has 0 spiro atoms. The molecule has 0 unspecified atom stereocenters. The zero-order chi connectivity index (χ0) is 20.2. The molecule has 2 fully saturated rings. The van der Waals surface area contributed by atoms with Gasteiger partial charge in [-0.15, -0.1) is 0 Å². The summed E-state index contributed by atoms with van der Waals surface area (Å²) in [6.45, 7) is 1.80. The number of hydrogen-bond acceptors (Lipinski definition) is 8. The highest BCUT2D eigenvalue weighted by molar-refractivity contribution is 5.99. The first-order chi connectivity index (χ1) is 14.6. The molecule has 3 aromatic heterocycles. The van der Waals surface area contributed by atoms with E-state index in [9.17, 15) is 5.11 Å². The van der Waals surface area contributed by atoms with Crippen molar-refractivity contribution in [2.24, 2.45) is 0 Å². The summed E-state index contributed by atoms with van der Waals surface area (Å²) in [5.41, 5.74) is 9.43. The summed E-state index contributed by atoms with van der Waals surface area (Å²) < 4.78 is 7.63. The third-order valence-corrected chi connectivity index (χ3v) is 5.58. The zero-order valence-electron chi connectivity index (χ0n) is 16.3. The second kappa shape index (κ2) is 6.61. The van der Waals surface area contributed by atoms with E-state index in [2.05, 4.69) is 25.9 Å². The van der Waals surface area contributed by atoms with Gasteiger partial charge in [-0.1, -0.05) is 6.07 Å². The van der Waals surface area contributed by atoms with Gasteiger partial charge in [0.1, 0.15) is 23.9 Å². The number of nitrogens with two attached hydrogens (primary N) is 1. The molecule has 9 heteroatoms. The van der Waals surface area contributed by atoms with Gasteiger partial charge in [0.15, 0.2) is 5.65 Å². The third-order valence-electron chi connectivity index (χ3n) is 5.58. The molecule has 1 saturated heterocycles. The minimum Gasteiger partial charge on any atom is -0.474 e. The second-order valence-electron chi connectivity index (χ2n) is 8.01. The quantitative estimate of drug-likeness (QED) is 0.518. The van der Waals surface area contributed by atoms with Gasteiger partial charge in [-0.25, -0.2) is 19.6 Å². The van der Waals surface area contributed by atoms with Crippen LogP contribution >= 0.6 is 0 Å². The van der Waals surface area contributed by atoms with Crippen molar-refractivity contribution in [3.8, 4) is 17.1 Å². The number of ether oxygens (including phenoxy) is 1. The number of hydrogen-bond donors (Lipinski definition) is 2. The topological polar surface area (TPSA) is 115 Å². The van der Waals surface area contributed by atoms with Gasteiger partial charge >= 0.3 is 0 Å². The summed E-state index contributed by atoms with van der Waals surface area (Å²) in [6.07, 6.45) is 3.71. The molecule has 2 aliphatic rings. The van der Waals surface area contributed by atoms with E-state index in [1.54, 1.807) is 0 Å². The van der Waals surface area contributed by atoms with Gasteiger partial charge in [-0.05, 0) is 31.0 Å². The first-order valence-electron chi connectivity index (χ1n) is 10.1. The number of β-amino-alcohol motifs (C(OH)–C–C–N with tert-alkyl or cyclic N) is 1. The van der Waals surface area contributed by atoms with Crippen molar-refractivity contribution in [3.63, 3.8) is 0 Å². The highest BCUT2D eigenvalue weighted by Crippen LogP contribution is 2.33. The fraction of sp³-hybridized carbons (Fsp3) is 0.333. The maximum Gasteiger partial charge on any atom is 0.214 e. The number of anilines is 1. The molecule has 9 nitrogen and oxygen atoms in total. The number of aliphatic hydroxyl groups is 1. The van der Waals surface area contributed by atoms with E-state index in [1.165, 1.54) is 6.33 Å². The van der Waals surface area contributed by atoms with Crippen molar-refractivity contribution in [2.45, 2.75) is 31.7 Å². The van der Waals surface area contributed by atoms with Gasteiger partial charge in [-0.2, -0.15) is 5.10 Å². The number of rotatable bonds is 5. The summed E-state index contributed by atoms with van der Waals surface area (Å²) in [7, 11) is 0. The Morgan fingerprint density at radius 2 is 2.00 bits per heavy atom. The Kier molecular flexibility index (Phi) is 3.87. The summed E-state index contributed by atoms with van der Waals surface area (Å²) in [4.78, 5) is 15.3. The lowest BCUT2D eigenvalue weighted by molar-refractivity contribution is -0.0179. The number of likely N-dealkylation sites (tertiary alicyclic amines) is 1. The van der Waals surface area contributed by atoms with Gasteiger partial charge in [0, 0.05) is 30.1 Å². The molecule has 6 rings (SSSR count). The molecule has 1 aliphatic carbocycles. The predicted octanol–water partition coefficient (Wildman–Crippen LogP) is 1.80. The van der Waals surface area contributed by atoms with Crippen LogP contribution in [0.4, 0.5) is 5.82 Å². The highest BCUT2D eigenvalue weighted by atomic mass is 16.5. The second-order valence-corrected chi connectivity index (χ2v) is 8.01. The third kappa shape index (κ3) is 3.03. The van der Waals surface area contributed by atoms with E-state index in [0.717, 1.165) is 40.4 Å². The largest absolute Gasteiger partial charge is 0.474 e. The fourth-order valence-corrected chi connectivity index (χ4v) is 3.86. The standard InChI is InChI=1S/C21H21N7O2/c22-20-18-19(26-28(21(18)24-10-23-20)11-27-8-14(29)9-27)13-1-5-16-12(7-13)2-6-17(25-16)30-15-3-4-15/h1-2,5-7,10,14-15,29H,3-4,8-9,11H2,(H2,22,23,24). The number of benzene rings is 1.